The van der Waals surface area contributed by atoms with Gasteiger partial charge in [0.05, 0.1) is 6.10 Å². The maximum absolute atomic E-state index is 11.7. The summed E-state index contributed by atoms with van der Waals surface area (Å²) in [6.07, 6.45) is 5.63. The minimum atomic E-state index is 0.215. The van der Waals surface area contributed by atoms with Crippen LogP contribution in [0.2, 0.25) is 0 Å². The van der Waals surface area contributed by atoms with Gasteiger partial charge in [0.2, 0.25) is 5.91 Å². The number of nitrogens with one attached hydrogen (secondary N) is 1. The zero-order chi connectivity index (χ0) is 11.2. The van der Waals surface area contributed by atoms with Gasteiger partial charge in [-0.25, -0.2) is 0 Å². The van der Waals surface area contributed by atoms with Crippen molar-refractivity contribution in [3.63, 3.8) is 0 Å². The zero-order valence-electron chi connectivity index (χ0n) is 9.74. The number of carbonyl (C=O) groups is 1. The largest absolute Gasteiger partial charge is 0.376 e. The van der Waals surface area contributed by atoms with Crippen LogP contribution < -0.4 is 5.32 Å². The van der Waals surface area contributed by atoms with E-state index in [1.165, 1.54) is 24.3 Å². The number of ether oxygens (including phenoxy) is 1. The highest BCUT2D eigenvalue weighted by Gasteiger charge is 2.19. The van der Waals surface area contributed by atoms with E-state index < -0.39 is 0 Å². The van der Waals surface area contributed by atoms with Gasteiger partial charge in [-0.1, -0.05) is 0 Å². The van der Waals surface area contributed by atoms with Gasteiger partial charge in [-0.2, -0.15) is 11.8 Å². The second kappa shape index (κ2) is 6.50. The molecule has 0 radical (unpaired) electrons. The Labute approximate surface area is 102 Å². The molecule has 2 saturated heterocycles. The Bertz CT molecular complexity index is 223. The number of hydrogen-bond donors (Lipinski definition) is 1. The van der Waals surface area contributed by atoms with Crippen LogP contribution in [0.25, 0.3) is 0 Å². The highest BCUT2D eigenvalue weighted by atomic mass is 32.2. The molecule has 0 spiro atoms. The molecule has 1 N–H and O–H groups in total. The molecule has 1 atom stereocenters. The van der Waals surface area contributed by atoms with Crippen molar-refractivity contribution in [1.29, 1.82) is 0 Å². The molecule has 0 aliphatic carbocycles. The topological polar surface area (TPSA) is 38.3 Å². The second-order valence-electron chi connectivity index (χ2n) is 4.70. The third kappa shape index (κ3) is 3.98. The molecule has 2 aliphatic rings. The molecule has 16 heavy (non-hydrogen) atoms. The van der Waals surface area contributed by atoms with Crippen LogP contribution in [0.3, 0.4) is 0 Å². The second-order valence-corrected chi connectivity index (χ2v) is 5.92. The Hall–Kier alpha value is -0.220. The smallest absolute Gasteiger partial charge is 0.220 e. The van der Waals surface area contributed by atoms with Gasteiger partial charge in [-0.05, 0) is 43.1 Å². The first-order valence-electron chi connectivity index (χ1n) is 6.30. The average molecular weight is 243 g/mol. The molecule has 3 nitrogen and oxygen atoms in total. The van der Waals surface area contributed by atoms with Crippen LogP contribution >= 0.6 is 11.8 Å². The molecule has 0 saturated carbocycles. The molecule has 92 valence electrons. The molecule has 0 aromatic heterocycles. The lowest BCUT2D eigenvalue weighted by atomic mass is 9.98. The number of rotatable bonds is 4. The predicted molar refractivity (Wildman–Crippen MR) is 66.6 cm³/mol. The van der Waals surface area contributed by atoms with Crippen molar-refractivity contribution in [1.82, 2.24) is 5.32 Å². The summed E-state index contributed by atoms with van der Waals surface area (Å²) in [4.78, 5) is 11.7. The van der Waals surface area contributed by atoms with Crippen LogP contribution in [0.5, 0.6) is 0 Å². The van der Waals surface area contributed by atoms with Crippen LogP contribution in [0.1, 0.15) is 32.1 Å². The van der Waals surface area contributed by atoms with Crippen molar-refractivity contribution in [2.45, 2.75) is 38.2 Å². The molecular weight excluding hydrogens is 222 g/mol. The van der Waals surface area contributed by atoms with Crippen molar-refractivity contribution >= 4 is 17.7 Å². The van der Waals surface area contributed by atoms with E-state index in [2.05, 4.69) is 5.32 Å². The Balaban J connectivity index is 1.59. The van der Waals surface area contributed by atoms with E-state index in [9.17, 15) is 4.79 Å². The maximum Gasteiger partial charge on any atom is 0.220 e. The fraction of sp³-hybridized carbons (Fsp3) is 0.917. The summed E-state index contributed by atoms with van der Waals surface area (Å²) in [5.41, 5.74) is 0. The van der Waals surface area contributed by atoms with E-state index in [1.54, 1.807) is 0 Å². The van der Waals surface area contributed by atoms with Gasteiger partial charge in [0.1, 0.15) is 0 Å². The van der Waals surface area contributed by atoms with E-state index in [0.717, 1.165) is 19.4 Å². The average Bonchev–Trinajstić information content (AvgIpc) is 2.81. The summed E-state index contributed by atoms with van der Waals surface area (Å²) in [6, 6.07) is 0. The third-order valence-corrected chi connectivity index (χ3v) is 4.41. The highest BCUT2D eigenvalue weighted by Crippen LogP contribution is 2.25. The lowest BCUT2D eigenvalue weighted by Crippen LogP contribution is -2.33. The molecule has 0 bridgehead atoms. The van der Waals surface area contributed by atoms with E-state index in [-0.39, 0.29) is 12.0 Å². The standard InChI is InChI=1S/C12H21NO2S/c14-12(8-10-3-6-16-7-4-10)13-9-11-2-1-5-15-11/h10-11H,1-9H2,(H,13,14). The normalized spacial score (nSPS) is 26.9. The summed E-state index contributed by atoms with van der Waals surface area (Å²) < 4.78 is 5.48. The quantitative estimate of drug-likeness (QED) is 0.818. The lowest BCUT2D eigenvalue weighted by Gasteiger charge is -2.21. The van der Waals surface area contributed by atoms with E-state index in [0.29, 0.717) is 18.9 Å². The SMILES string of the molecule is O=C(CC1CCSCC1)NCC1CCCO1. The first-order valence-corrected chi connectivity index (χ1v) is 7.46. The molecule has 4 heteroatoms. The number of hydrogen-bond acceptors (Lipinski definition) is 3. The van der Waals surface area contributed by atoms with Gasteiger partial charge in [-0.3, -0.25) is 4.79 Å². The molecule has 2 aliphatic heterocycles. The summed E-state index contributed by atoms with van der Waals surface area (Å²) in [5.74, 6) is 3.28. The molecule has 2 rings (SSSR count). The van der Waals surface area contributed by atoms with Crippen molar-refractivity contribution in [3.8, 4) is 0 Å². The van der Waals surface area contributed by atoms with Crippen molar-refractivity contribution in [3.05, 3.63) is 0 Å². The third-order valence-electron chi connectivity index (χ3n) is 3.37. The Morgan fingerprint density at radius 1 is 1.31 bits per heavy atom. The fourth-order valence-corrected chi connectivity index (χ4v) is 3.52. The fourth-order valence-electron chi connectivity index (χ4n) is 2.32. The monoisotopic (exact) mass is 243 g/mol. The van der Waals surface area contributed by atoms with Gasteiger partial charge in [-0.15, -0.1) is 0 Å². The Kier molecular flexibility index (Phi) is 4.97. The highest BCUT2D eigenvalue weighted by molar-refractivity contribution is 7.99. The summed E-state index contributed by atoms with van der Waals surface area (Å²) in [5, 5.41) is 3.00. The van der Waals surface area contributed by atoms with Crippen molar-refractivity contribution in [2.24, 2.45) is 5.92 Å². The van der Waals surface area contributed by atoms with Gasteiger partial charge < -0.3 is 10.1 Å². The van der Waals surface area contributed by atoms with E-state index in [4.69, 9.17) is 4.74 Å². The maximum atomic E-state index is 11.7. The summed E-state index contributed by atoms with van der Waals surface area (Å²) in [7, 11) is 0. The first-order chi connectivity index (χ1) is 7.84. The molecule has 1 amide bonds. The van der Waals surface area contributed by atoms with Crippen LogP contribution in [0, 0.1) is 5.92 Å². The van der Waals surface area contributed by atoms with Gasteiger partial charge in [0.15, 0.2) is 0 Å². The van der Waals surface area contributed by atoms with Gasteiger partial charge >= 0.3 is 0 Å². The predicted octanol–water partition coefficient (Wildman–Crippen LogP) is 1.81. The van der Waals surface area contributed by atoms with Gasteiger partial charge in [0.25, 0.3) is 0 Å². The Morgan fingerprint density at radius 3 is 2.81 bits per heavy atom. The van der Waals surface area contributed by atoms with Crippen LogP contribution in [0.4, 0.5) is 0 Å². The van der Waals surface area contributed by atoms with Crippen molar-refractivity contribution < 1.29 is 9.53 Å². The minimum Gasteiger partial charge on any atom is -0.376 e. The molecule has 0 aromatic rings. The Morgan fingerprint density at radius 2 is 2.12 bits per heavy atom. The van der Waals surface area contributed by atoms with Crippen LogP contribution in [-0.2, 0) is 9.53 Å². The number of thioether (sulfide) groups is 1. The van der Waals surface area contributed by atoms with E-state index in [1.807, 2.05) is 11.8 Å². The molecule has 0 aromatic carbocycles. The van der Waals surface area contributed by atoms with Crippen LogP contribution in [0.15, 0.2) is 0 Å². The number of carbonyl (C=O) groups excluding carboxylic acids is 1. The number of amides is 1. The van der Waals surface area contributed by atoms with Crippen molar-refractivity contribution in [2.75, 3.05) is 24.7 Å². The molecule has 2 fully saturated rings. The first kappa shape index (κ1) is 12.2. The van der Waals surface area contributed by atoms with Crippen LogP contribution in [-0.4, -0.2) is 36.7 Å². The zero-order valence-corrected chi connectivity index (χ0v) is 10.6. The van der Waals surface area contributed by atoms with Gasteiger partial charge in [0, 0.05) is 19.6 Å². The lowest BCUT2D eigenvalue weighted by molar-refractivity contribution is -0.122. The molecule has 1 unspecified atom stereocenters. The summed E-state index contributed by atoms with van der Waals surface area (Å²) >= 11 is 2.01. The molecule has 2 heterocycles. The molecular formula is C12H21NO2S. The minimum absolute atomic E-state index is 0.215. The summed E-state index contributed by atoms with van der Waals surface area (Å²) in [6.45, 7) is 1.57. The van der Waals surface area contributed by atoms with E-state index >= 15 is 0 Å².